The average Bonchev–Trinajstić information content (AvgIpc) is 3.27. The number of fused-ring (bicyclic) bond motifs is 2. The monoisotopic (exact) mass is 496 g/mol. The van der Waals surface area contributed by atoms with Crippen LogP contribution >= 0.6 is 0 Å². The van der Waals surface area contributed by atoms with Crippen LogP contribution in [0.5, 0.6) is 0 Å². The third-order valence-corrected chi connectivity index (χ3v) is 5.55. The van der Waals surface area contributed by atoms with Crippen molar-refractivity contribution in [3.05, 3.63) is 106 Å². The lowest BCUT2D eigenvalue weighted by molar-refractivity contribution is 0.0526. The van der Waals surface area contributed by atoms with Gasteiger partial charge in [-0.3, -0.25) is 14.4 Å². The van der Waals surface area contributed by atoms with Crippen LogP contribution in [0.2, 0.25) is 0 Å². The quantitative estimate of drug-likeness (QED) is 0.309. The molecule has 0 aliphatic carbocycles. The number of benzene rings is 3. The van der Waals surface area contributed by atoms with Crippen molar-refractivity contribution in [3.8, 4) is 0 Å². The third-order valence-electron chi connectivity index (χ3n) is 5.55. The molecule has 2 N–H and O–H groups in total. The largest absolute Gasteiger partial charge is 0.462 e. The highest BCUT2D eigenvalue weighted by molar-refractivity contribution is 6.16. The number of anilines is 2. The normalized spacial score (nSPS) is 10.8. The van der Waals surface area contributed by atoms with Gasteiger partial charge >= 0.3 is 5.97 Å². The lowest BCUT2D eigenvalue weighted by Gasteiger charge is -2.08. The maximum Gasteiger partial charge on any atom is 0.338 e. The second-order valence-electron chi connectivity index (χ2n) is 7.98. The third kappa shape index (κ3) is 4.70. The molecule has 2 aromatic heterocycles. The molecule has 0 saturated carbocycles. The van der Waals surface area contributed by atoms with E-state index in [4.69, 9.17) is 13.6 Å². The first kappa shape index (κ1) is 23.6. The molecule has 0 bridgehead atoms. The summed E-state index contributed by atoms with van der Waals surface area (Å²) in [6.45, 7) is 1.96. The molecule has 0 spiro atoms. The number of carbonyl (C=O) groups is 3. The van der Waals surface area contributed by atoms with Gasteiger partial charge in [-0.25, -0.2) is 4.79 Å². The molecule has 0 aliphatic rings. The summed E-state index contributed by atoms with van der Waals surface area (Å²) in [7, 11) is 0. The number of hydrogen-bond acceptors (Lipinski definition) is 7. The van der Waals surface area contributed by atoms with E-state index in [9.17, 15) is 19.2 Å². The van der Waals surface area contributed by atoms with Gasteiger partial charge in [0, 0.05) is 17.1 Å². The predicted octanol–water partition coefficient (Wildman–Crippen LogP) is 5.22. The smallest absolute Gasteiger partial charge is 0.338 e. The highest BCUT2D eigenvalue weighted by atomic mass is 16.5. The number of amides is 2. The van der Waals surface area contributed by atoms with Gasteiger partial charge in [0.05, 0.1) is 17.6 Å². The minimum Gasteiger partial charge on any atom is -0.462 e. The maximum absolute atomic E-state index is 13.2. The lowest BCUT2D eigenvalue weighted by Crippen LogP contribution is -2.18. The van der Waals surface area contributed by atoms with Crippen LogP contribution in [0.1, 0.15) is 38.4 Å². The van der Waals surface area contributed by atoms with Crippen LogP contribution in [0.15, 0.2) is 92.5 Å². The summed E-state index contributed by atoms with van der Waals surface area (Å²) < 4.78 is 16.4. The zero-order valence-corrected chi connectivity index (χ0v) is 19.6. The fraction of sp³-hybridized carbons (Fsp3) is 0.0714. The van der Waals surface area contributed by atoms with Gasteiger partial charge in [-0.15, -0.1) is 0 Å². The van der Waals surface area contributed by atoms with Gasteiger partial charge in [0.2, 0.25) is 5.76 Å². The molecule has 0 aliphatic heterocycles. The van der Waals surface area contributed by atoms with Crippen LogP contribution < -0.4 is 16.1 Å². The highest BCUT2D eigenvalue weighted by Gasteiger charge is 2.24. The van der Waals surface area contributed by atoms with Crippen molar-refractivity contribution < 1.29 is 28.0 Å². The molecular formula is C28H20N2O7. The summed E-state index contributed by atoms with van der Waals surface area (Å²) in [5.74, 6) is -2.18. The summed E-state index contributed by atoms with van der Waals surface area (Å²) in [6, 6.07) is 20.7. The number of furan rings is 1. The van der Waals surface area contributed by atoms with Crippen LogP contribution in [-0.2, 0) is 4.74 Å². The Hall–Kier alpha value is -5.18. The summed E-state index contributed by atoms with van der Waals surface area (Å²) in [5, 5.41) is 6.19. The van der Waals surface area contributed by atoms with Crippen molar-refractivity contribution in [3.63, 3.8) is 0 Å². The molecule has 9 nitrogen and oxygen atoms in total. The molecule has 5 aromatic rings. The Bertz CT molecular complexity index is 1710. The molecule has 3 aromatic carbocycles. The van der Waals surface area contributed by atoms with E-state index >= 15 is 0 Å². The first-order valence-electron chi connectivity index (χ1n) is 11.4. The molecule has 184 valence electrons. The van der Waals surface area contributed by atoms with Crippen LogP contribution in [0.25, 0.3) is 21.9 Å². The molecule has 0 atom stereocenters. The molecule has 37 heavy (non-hydrogen) atoms. The second kappa shape index (κ2) is 9.82. The molecule has 0 unspecified atom stereocenters. The van der Waals surface area contributed by atoms with E-state index in [0.29, 0.717) is 27.6 Å². The summed E-state index contributed by atoms with van der Waals surface area (Å²) >= 11 is 0. The number of nitrogens with one attached hydrogen (secondary N) is 2. The zero-order chi connectivity index (χ0) is 25.9. The van der Waals surface area contributed by atoms with Crippen LogP contribution in [0, 0.1) is 0 Å². The van der Waals surface area contributed by atoms with Gasteiger partial charge in [0.15, 0.2) is 11.2 Å². The average molecular weight is 496 g/mol. The second-order valence-corrected chi connectivity index (χ2v) is 7.98. The molecule has 9 heteroatoms. The first-order valence-corrected chi connectivity index (χ1v) is 11.4. The van der Waals surface area contributed by atoms with Gasteiger partial charge in [0.1, 0.15) is 16.9 Å². The van der Waals surface area contributed by atoms with Crippen LogP contribution in [-0.4, -0.2) is 24.4 Å². The topological polar surface area (TPSA) is 128 Å². The van der Waals surface area contributed by atoms with E-state index in [0.717, 1.165) is 6.07 Å². The first-order chi connectivity index (χ1) is 17.9. The fourth-order valence-corrected chi connectivity index (χ4v) is 3.81. The van der Waals surface area contributed by atoms with Gasteiger partial charge in [-0.05, 0) is 55.5 Å². The Kier molecular flexibility index (Phi) is 6.25. The number of rotatable bonds is 6. The molecular weight excluding hydrogens is 476 g/mol. The Labute approximate surface area is 209 Å². The summed E-state index contributed by atoms with van der Waals surface area (Å²) in [6.07, 6.45) is 0. The Balaban J connectivity index is 1.45. The Morgan fingerprint density at radius 2 is 1.43 bits per heavy atom. The number of hydrogen-bond donors (Lipinski definition) is 2. The minimum absolute atomic E-state index is 0.122. The van der Waals surface area contributed by atoms with Crippen molar-refractivity contribution in [1.29, 1.82) is 0 Å². The van der Waals surface area contributed by atoms with Crippen molar-refractivity contribution >= 4 is 51.1 Å². The number of para-hydroxylation sites is 2. The molecule has 5 rings (SSSR count). The number of ether oxygens (including phenoxy) is 1. The van der Waals surface area contributed by atoms with E-state index in [-0.39, 0.29) is 34.8 Å². The van der Waals surface area contributed by atoms with Gasteiger partial charge in [-0.1, -0.05) is 24.3 Å². The van der Waals surface area contributed by atoms with Gasteiger partial charge < -0.3 is 24.2 Å². The van der Waals surface area contributed by atoms with Crippen molar-refractivity contribution in [2.45, 2.75) is 6.92 Å². The standard InChI is InChI=1S/C28H20N2O7/c1-2-35-28(34)16-11-13-17(14-12-16)29-27(33)25-24(19-8-4-6-10-22(19)37-25)30-26(32)23-15-20(31)18-7-3-5-9-21(18)36-23/h3-15H,2H2,1H3,(H,29,33)(H,30,32). The van der Waals surface area contributed by atoms with Gasteiger partial charge in [0.25, 0.3) is 11.8 Å². The van der Waals surface area contributed by atoms with Crippen LogP contribution in [0.4, 0.5) is 11.4 Å². The van der Waals surface area contributed by atoms with E-state index in [2.05, 4.69) is 10.6 Å². The zero-order valence-electron chi connectivity index (χ0n) is 19.6. The van der Waals surface area contributed by atoms with E-state index in [1.807, 2.05) is 0 Å². The molecule has 2 amide bonds. The number of carbonyl (C=O) groups excluding carboxylic acids is 3. The minimum atomic E-state index is -0.720. The predicted molar refractivity (Wildman–Crippen MR) is 137 cm³/mol. The number of esters is 1. The fourth-order valence-electron chi connectivity index (χ4n) is 3.81. The molecule has 0 radical (unpaired) electrons. The maximum atomic E-state index is 13.2. The molecule has 2 heterocycles. The van der Waals surface area contributed by atoms with Crippen molar-refractivity contribution in [2.24, 2.45) is 0 Å². The van der Waals surface area contributed by atoms with Crippen LogP contribution in [0.3, 0.4) is 0 Å². The van der Waals surface area contributed by atoms with E-state index < -0.39 is 17.8 Å². The Morgan fingerprint density at radius 1 is 0.784 bits per heavy atom. The Morgan fingerprint density at radius 3 is 2.14 bits per heavy atom. The molecule has 0 fully saturated rings. The van der Waals surface area contributed by atoms with Crippen molar-refractivity contribution in [1.82, 2.24) is 0 Å². The van der Waals surface area contributed by atoms with Crippen molar-refractivity contribution in [2.75, 3.05) is 17.2 Å². The summed E-state index contributed by atoms with van der Waals surface area (Å²) in [5.41, 5.74) is 1.14. The SMILES string of the molecule is CCOC(=O)c1ccc(NC(=O)c2oc3ccccc3c2NC(=O)c2cc(=O)c3ccccc3o2)cc1. The van der Waals surface area contributed by atoms with Gasteiger partial charge in [-0.2, -0.15) is 0 Å². The highest BCUT2D eigenvalue weighted by Crippen LogP contribution is 2.32. The van der Waals surface area contributed by atoms with E-state index in [1.54, 1.807) is 67.6 Å². The lowest BCUT2D eigenvalue weighted by atomic mass is 10.2. The molecule has 0 saturated heterocycles. The summed E-state index contributed by atoms with van der Waals surface area (Å²) in [4.78, 5) is 50.5. The van der Waals surface area contributed by atoms with E-state index in [1.165, 1.54) is 12.1 Å².